The van der Waals surface area contributed by atoms with Crippen LogP contribution < -0.4 is 0 Å². The van der Waals surface area contributed by atoms with Crippen LogP contribution in [0.3, 0.4) is 0 Å². The van der Waals surface area contributed by atoms with Crippen molar-refractivity contribution in [3.8, 4) is 6.07 Å². The molecule has 4 heteroatoms. The normalized spacial score (nSPS) is 9.87. The molecule has 0 aliphatic heterocycles. The van der Waals surface area contributed by atoms with Gasteiger partial charge < -0.3 is 0 Å². The van der Waals surface area contributed by atoms with Gasteiger partial charge in [-0.05, 0) is 30.5 Å². The second-order valence-electron chi connectivity index (χ2n) is 2.98. The van der Waals surface area contributed by atoms with E-state index in [0.717, 1.165) is 10.7 Å². The summed E-state index contributed by atoms with van der Waals surface area (Å²) < 4.78 is 1.19. The van der Waals surface area contributed by atoms with Crippen molar-refractivity contribution in [3.05, 3.63) is 40.9 Å². The zero-order valence-electron chi connectivity index (χ0n) is 8.10. The van der Waals surface area contributed by atoms with Gasteiger partial charge in [-0.15, -0.1) is 11.3 Å². The number of rotatable bonds is 2. The summed E-state index contributed by atoms with van der Waals surface area (Å²) in [6.07, 6.45) is 0. The van der Waals surface area contributed by atoms with Crippen molar-refractivity contribution in [2.75, 3.05) is 0 Å². The van der Waals surface area contributed by atoms with E-state index in [9.17, 15) is 0 Å². The third-order valence-electron chi connectivity index (χ3n) is 1.76. The third-order valence-corrected chi connectivity index (χ3v) is 3.72. The highest BCUT2D eigenvalue weighted by atomic mass is 32.2. The zero-order valence-corrected chi connectivity index (χ0v) is 9.73. The number of pyridine rings is 1. The monoisotopic (exact) mass is 232 g/mol. The standard InChI is InChI=1S/C11H8N2S2/c1-8-5-9(7-12)6-10(13-8)15-11-3-2-4-14-11/h2-6H,1H3. The molecule has 0 aromatic carbocycles. The minimum absolute atomic E-state index is 0.668. The molecular weight excluding hydrogens is 224 g/mol. The van der Waals surface area contributed by atoms with Gasteiger partial charge in [-0.25, -0.2) is 4.98 Å². The molecule has 0 atom stereocenters. The molecule has 0 aliphatic rings. The van der Waals surface area contributed by atoms with E-state index in [-0.39, 0.29) is 0 Å². The first-order chi connectivity index (χ1) is 7.28. The summed E-state index contributed by atoms with van der Waals surface area (Å²) in [5.41, 5.74) is 1.55. The van der Waals surface area contributed by atoms with Crippen LogP contribution in [0.1, 0.15) is 11.3 Å². The molecule has 0 N–H and O–H groups in total. The molecule has 0 aliphatic carbocycles. The van der Waals surface area contributed by atoms with E-state index in [0.29, 0.717) is 5.56 Å². The molecule has 2 aromatic heterocycles. The van der Waals surface area contributed by atoms with E-state index >= 15 is 0 Å². The lowest BCUT2D eigenvalue weighted by molar-refractivity contribution is 1.06. The third kappa shape index (κ3) is 2.58. The summed E-state index contributed by atoms with van der Waals surface area (Å²) >= 11 is 3.27. The predicted molar refractivity (Wildman–Crippen MR) is 62.1 cm³/mol. The number of aromatic nitrogens is 1. The summed E-state index contributed by atoms with van der Waals surface area (Å²) in [6, 6.07) is 9.80. The minimum atomic E-state index is 0.668. The van der Waals surface area contributed by atoms with E-state index in [1.54, 1.807) is 29.2 Å². The van der Waals surface area contributed by atoms with Gasteiger partial charge in [-0.3, -0.25) is 0 Å². The number of aryl methyl sites for hydroxylation is 1. The summed E-state index contributed by atoms with van der Waals surface area (Å²) in [5, 5.41) is 11.7. The van der Waals surface area contributed by atoms with Crippen LogP contribution in [0.15, 0.2) is 38.9 Å². The summed E-state index contributed by atoms with van der Waals surface area (Å²) in [5.74, 6) is 0. The van der Waals surface area contributed by atoms with Gasteiger partial charge in [0.15, 0.2) is 0 Å². The fourth-order valence-electron chi connectivity index (χ4n) is 1.18. The number of nitrogens with zero attached hydrogens (tertiary/aromatic N) is 2. The van der Waals surface area contributed by atoms with Crippen molar-refractivity contribution < 1.29 is 0 Å². The maximum atomic E-state index is 8.83. The first-order valence-corrected chi connectivity index (χ1v) is 6.08. The first kappa shape index (κ1) is 10.2. The Morgan fingerprint density at radius 2 is 2.33 bits per heavy atom. The lowest BCUT2D eigenvalue weighted by Gasteiger charge is -2.00. The Morgan fingerprint density at radius 3 is 3.00 bits per heavy atom. The van der Waals surface area contributed by atoms with E-state index in [1.165, 1.54) is 4.21 Å². The van der Waals surface area contributed by atoms with Crippen molar-refractivity contribution in [2.24, 2.45) is 0 Å². The number of nitriles is 1. The molecular formula is C11H8N2S2. The average molecular weight is 232 g/mol. The molecule has 0 bridgehead atoms. The van der Waals surface area contributed by atoms with Crippen LogP contribution in [-0.4, -0.2) is 4.98 Å². The Hall–Kier alpha value is -1.31. The number of hydrogen-bond acceptors (Lipinski definition) is 4. The van der Waals surface area contributed by atoms with Gasteiger partial charge >= 0.3 is 0 Å². The largest absolute Gasteiger partial charge is 0.246 e. The van der Waals surface area contributed by atoms with E-state index < -0.39 is 0 Å². The first-order valence-electron chi connectivity index (χ1n) is 4.38. The molecule has 0 amide bonds. The molecule has 0 saturated carbocycles. The maximum Gasteiger partial charge on any atom is 0.103 e. The Balaban J connectivity index is 2.29. The molecule has 2 nitrogen and oxygen atoms in total. The second kappa shape index (κ2) is 4.47. The molecule has 0 spiro atoms. The minimum Gasteiger partial charge on any atom is -0.246 e. The van der Waals surface area contributed by atoms with Crippen molar-refractivity contribution in [1.82, 2.24) is 4.98 Å². The van der Waals surface area contributed by atoms with Crippen LogP contribution in [-0.2, 0) is 0 Å². The predicted octanol–water partition coefficient (Wildman–Crippen LogP) is 3.47. The second-order valence-corrected chi connectivity index (χ2v) is 5.25. The van der Waals surface area contributed by atoms with Crippen LogP contribution in [0.5, 0.6) is 0 Å². The van der Waals surface area contributed by atoms with Gasteiger partial charge in [0.1, 0.15) is 5.03 Å². The molecule has 74 valence electrons. The highest BCUT2D eigenvalue weighted by Gasteiger charge is 2.02. The van der Waals surface area contributed by atoms with Crippen LogP contribution in [0, 0.1) is 18.3 Å². The van der Waals surface area contributed by atoms with Crippen LogP contribution in [0.25, 0.3) is 0 Å². The Labute approximate surface area is 96.6 Å². The molecule has 0 saturated heterocycles. The summed E-state index contributed by atoms with van der Waals surface area (Å²) in [6.45, 7) is 1.90. The van der Waals surface area contributed by atoms with Gasteiger partial charge in [0.2, 0.25) is 0 Å². The van der Waals surface area contributed by atoms with Crippen molar-refractivity contribution >= 4 is 23.1 Å². The highest BCUT2D eigenvalue weighted by Crippen LogP contribution is 2.30. The quantitative estimate of drug-likeness (QED) is 0.795. The number of thiophene rings is 1. The van der Waals surface area contributed by atoms with Crippen molar-refractivity contribution in [3.63, 3.8) is 0 Å². The molecule has 0 fully saturated rings. The van der Waals surface area contributed by atoms with Gasteiger partial charge in [-0.2, -0.15) is 5.26 Å². The summed E-state index contributed by atoms with van der Waals surface area (Å²) in [7, 11) is 0. The van der Waals surface area contributed by atoms with Gasteiger partial charge in [0.05, 0.1) is 15.8 Å². The fraction of sp³-hybridized carbons (Fsp3) is 0.0909. The molecule has 2 heterocycles. The van der Waals surface area contributed by atoms with Gasteiger partial charge in [0, 0.05) is 5.69 Å². The SMILES string of the molecule is Cc1cc(C#N)cc(Sc2cccs2)n1. The van der Waals surface area contributed by atoms with Crippen molar-refractivity contribution in [2.45, 2.75) is 16.2 Å². The van der Waals surface area contributed by atoms with Crippen molar-refractivity contribution in [1.29, 1.82) is 5.26 Å². The molecule has 0 unspecified atom stereocenters. The lowest BCUT2D eigenvalue weighted by atomic mass is 10.2. The number of hydrogen-bond donors (Lipinski definition) is 0. The molecule has 2 rings (SSSR count). The molecule has 15 heavy (non-hydrogen) atoms. The van der Waals surface area contributed by atoms with Gasteiger partial charge in [-0.1, -0.05) is 17.8 Å². The Kier molecular flexibility index (Phi) is 3.05. The zero-order chi connectivity index (χ0) is 10.7. The smallest absolute Gasteiger partial charge is 0.103 e. The molecule has 0 radical (unpaired) electrons. The van der Waals surface area contributed by atoms with Gasteiger partial charge in [0.25, 0.3) is 0 Å². The Morgan fingerprint density at radius 1 is 1.47 bits per heavy atom. The topological polar surface area (TPSA) is 36.7 Å². The van der Waals surface area contributed by atoms with Crippen LogP contribution in [0.2, 0.25) is 0 Å². The molecule has 2 aromatic rings. The van der Waals surface area contributed by atoms with E-state index in [1.807, 2.05) is 30.5 Å². The lowest BCUT2D eigenvalue weighted by Crippen LogP contribution is -1.86. The fourth-order valence-corrected chi connectivity index (χ4v) is 2.97. The van der Waals surface area contributed by atoms with Crippen LogP contribution >= 0.6 is 23.1 Å². The maximum absolute atomic E-state index is 8.83. The van der Waals surface area contributed by atoms with E-state index in [2.05, 4.69) is 11.1 Å². The van der Waals surface area contributed by atoms with E-state index in [4.69, 9.17) is 5.26 Å². The van der Waals surface area contributed by atoms with Crippen LogP contribution in [0.4, 0.5) is 0 Å². The Bertz CT molecular complexity index is 498. The highest BCUT2D eigenvalue weighted by molar-refractivity contribution is 8.01. The summed E-state index contributed by atoms with van der Waals surface area (Å²) in [4.78, 5) is 4.38. The average Bonchev–Trinajstić information content (AvgIpc) is 2.69.